The summed E-state index contributed by atoms with van der Waals surface area (Å²) in [4.78, 5) is -0.178. The first-order chi connectivity index (χ1) is 25.2. The molecule has 0 spiro atoms. The van der Waals surface area contributed by atoms with Gasteiger partial charge in [0.25, 0.3) is 0 Å². The Morgan fingerprint density at radius 1 is 0.462 bits per heavy atom. The molecule has 6 heteroatoms. The normalized spacial score (nSPS) is 12.8. The fourth-order valence-corrected chi connectivity index (χ4v) is 7.89. The van der Waals surface area contributed by atoms with Crippen molar-refractivity contribution >= 4 is 10.1 Å². The quantitative estimate of drug-likeness (QED) is 0.0417. The van der Waals surface area contributed by atoms with E-state index in [1.165, 1.54) is 242 Å². The van der Waals surface area contributed by atoms with Gasteiger partial charge in [0, 0.05) is 6.42 Å². The molecule has 1 rings (SSSR count). The summed E-state index contributed by atoms with van der Waals surface area (Å²) in [5, 5.41) is 0. The summed E-state index contributed by atoms with van der Waals surface area (Å²) >= 11 is 0. The molecule has 0 aliphatic heterocycles. The van der Waals surface area contributed by atoms with Gasteiger partial charge < -0.3 is 14.8 Å². The molecule has 0 aromatic heterocycles. The van der Waals surface area contributed by atoms with Crippen molar-refractivity contribution in [3.63, 3.8) is 0 Å². The minimum Gasteiger partial charge on any atom is -0.744 e. The SMILES string of the molecule is CCCCCCCCCCCCCCCCCC[N+](C)(CCCN)CCCCCCCCCCCCCCCCC.Cc1ccc(S(=O)(=O)[O-])cc1. The van der Waals surface area contributed by atoms with Crippen LogP contribution in [0, 0.1) is 6.92 Å². The van der Waals surface area contributed by atoms with E-state index in [9.17, 15) is 13.0 Å². The van der Waals surface area contributed by atoms with Crippen LogP contribution in [0.15, 0.2) is 29.2 Å². The minimum absolute atomic E-state index is 0.178. The summed E-state index contributed by atoms with van der Waals surface area (Å²) in [6, 6.07) is 5.78. The lowest BCUT2D eigenvalue weighted by Crippen LogP contribution is -2.46. The fourth-order valence-electron chi connectivity index (χ4n) is 7.42. The molecule has 1 aromatic rings. The van der Waals surface area contributed by atoms with Crippen LogP contribution in [0.2, 0.25) is 0 Å². The molecule has 1 aromatic carbocycles. The van der Waals surface area contributed by atoms with E-state index in [0.717, 1.165) is 12.1 Å². The molecule has 308 valence electrons. The lowest BCUT2D eigenvalue weighted by molar-refractivity contribution is -0.910. The van der Waals surface area contributed by atoms with Crippen molar-refractivity contribution in [1.29, 1.82) is 0 Å². The number of nitrogens with two attached hydrogens (primary N) is 1. The van der Waals surface area contributed by atoms with E-state index >= 15 is 0 Å². The Balaban J connectivity index is 0.00000199. The number of nitrogens with zero attached hydrogens (tertiary/aromatic N) is 1. The Labute approximate surface area is 326 Å². The highest BCUT2D eigenvalue weighted by atomic mass is 32.2. The lowest BCUT2D eigenvalue weighted by Gasteiger charge is -2.35. The van der Waals surface area contributed by atoms with E-state index in [1.807, 2.05) is 6.92 Å². The summed E-state index contributed by atoms with van der Waals surface area (Å²) in [6.07, 6.45) is 46.3. The van der Waals surface area contributed by atoms with Crippen molar-refractivity contribution in [2.24, 2.45) is 5.73 Å². The van der Waals surface area contributed by atoms with Crippen molar-refractivity contribution in [2.75, 3.05) is 33.2 Å². The Morgan fingerprint density at radius 3 is 0.962 bits per heavy atom. The molecule has 0 radical (unpaired) electrons. The summed E-state index contributed by atoms with van der Waals surface area (Å²) in [7, 11) is -1.75. The molecule has 0 bridgehead atoms. The number of hydrogen-bond acceptors (Lipinski definition) is 4. The van der Waals surface area contributed by atoms with Crippen LogP contribution in [0.1, 0.15) is 225 Å². The third kappa shape index (κ3) is 34.8. The van der Waals surface area contributed by atoms with Gasteiger partial charge in [-0.15, -0.1) is 0 Å². The number of hydrogen-bond donors (Lipinski definition) is 1. The van der Waals surface area contributed by atoms with Crippen molar-refractivity contribution in [1.82, 2.24) is 0 Å². The van der Waals surface area contributed by atoms with Gasteiger partial charge in [0.05, 0.1) is 31.6 Å². The molecule has 52 heavy (non-hydrogen) atoms. The highest BCUT2D eigenvalue weighted by Crippen LogP contribution is 2.17. The van der Waals surface area contributed by atoms with E-state index in [2.05, 4.69) is 20.9 Å². The molecule has 0 saturated carbocycles. The maximum absolute atomic E-state index is 10.4. The Kier molecular flexibility index (Phi) is 36.3. The summed E-state index contributed by atoms with van der Waals surface area (Å²) in [5.74, 6) is 0. The zero-order valence-electron chi connectivity index (χ0n) is 35.4. The lowest BCUT2D eigenvalue weighted by atomic mass is 10.0. The van der Waals surface area contributed by atoms with Crippen LogP contribution in [-0.4, -0.2) is 50.7 Å². The minimum atomic E-state index is -4.27. The third-order valence-electron chi connectivity index (χ3n) is 11.1. The highest BCUT2D eigenvalue weighted by Gasteiger charge is 2.19. The number of aryl methyl sites for hydroxylation is 1. The van der Waals surface area contributed by atoms with Gasteiger partial charge in [-0.05, 0) is 51.3 Å². The largest absolute Gasteiger partial charge is 0.744 e. The molecule has 0 aliphatic rings. The van der Waals surface area contributed by atoms with Crippen LogP contribution >= 0.6 is 0 Å². The Morgan fingerprint density at radius 2 is 0.712 bits per heavy atom. The topological polar surface area (TPSA) is 83.2 Å². The highest BCUT2D eigenvalue weighted by molar-refractivity contribution is 7.85. The predicted octanol–water partition coefficient (Wildman–Crippen LogP) is 13.8. The summed E-state index contributed by atoms with van der Waals surface area (Å²) in [5.41, 5.74) is 6.83. The fraction of sp³-hybridized carbons (Fsp3) is 0.870. The second-order valence-electron chi connectivity index (χ2n) is 16.5. The molecule has 2 N–H and O–H groups in total. The molecular formula is C46H90N2O3S. The van der Waals surface area contributed by atoms with Crippen molar-refractivity contribution in [3.8, 4) is 0 Å². The zero-order chi connectivity index (χ0) is 38.4. The van der Waals surface area contributed by atoms with Gasteiger partial charge in [0.2, 0.25) is 0 Å². The maximum atomic E-state index is 10.4. The number of benzene rings is 1. The van der Waals surface area contributed by atoms with Crippen LogP contribution < -0.4 is 5.73 Å². The second kappa shape index (κ2) is 37.0. The van der Waals surface area contributed by atoms with E-state index in [1.54, 1.807) is 12.1 Å². The van der Waals surface area contributed by atoms with Crippen LogP contribution in [0.4, 0.5) is 0 Å². The first-order valence-electron chi connectivity index (χ1n) is 22.7. The van der Waals surface area contributed by atoms with E-state index in [-0.39, 0.29) is 4.90 Å². The van der Waals surface area contributed by atoms with E-state index < -0.39 is 10.1 Å². The second-order valence-corrected chi connectivity index (χ2v) is 17.8. The van der Waals surface area contributed by atoms with Gasteiger partial charge in [-0.2, -0.15) is 0 Å². The van der Waals surface area contributed by atoms with E-state index in [4.69, 9.17) is 5.73 Å². The standard InChI is InChI=1S/C39H83N2.C7H8O3S/c1-4-6-8-10-12-14-16-18-20-22-24-26-28-30-32-34-38-41(3,39-35-36-40)37-33-31-29-27-25-23-21-19-17-15-13-11-9-7-5-2;1-6-2-4-7(5-3-6)11(8,9)10/h4-40H2,1-3H3;2-5H,1H3,(H,8,9,10)/q+1;/p-1. The first-order valence-corrected chi connectivity index (χ1v) is 24.2. The molecule has 0 heterocycles. The van der Waals surface area contributed by atoms with Gasteiger partial charge in [-0.1, -0.05) is 205 Å². The Hall–Kier alpha value is -0.950. The molecule has 0 amide bonds. The zero-order valence-corrected chi connectivity index (χ0v) is 36.2. The number of rotatable bonds is 37. The van der Waals surface area contributed by atoms with Crippen LogP contribution in [-0.2, 0) is 10.1 Å². The average molecular weight is 751 g/mol. The predicted molar refractivity (Wildman–Crippen MR) is 228 cm³/mol. The van der Waals surface area contributed by atoms with Gasteiger partial charge in [0.15, 0.2) is 0 Å². The first kappa shape index (κ1) is 51.0. The van der Waals surface area contributed by atoms with Crippen molar-refractivity contribution in [2.45, 2.75) is 231 Å². The van der Waals surface area contributed by atoms with Crippen LogP contribution in [0.3, 0.4) is 0 Å². The van der Waals surface area contributed by atoms with Gasteiger partial charge in [-0.25, -0.2) is 8.42 Å². The molecule has 0 saturated heterocycles. The van der Waals surface area contributed by atoms with Gasteiger partial charge in [0.1, 0.15) is 10.1 Å². The molecule has 5 nitrogen and oxygen atoms in total. The molecule has 1 atom stereocenters. The molecule has 1 unspecified atom stereocenters. The van der Waals surface area contributed by atoms with Crippen molar-refractivity contribution < 1.29 is 17.5 Å². The average Bonchev–Trinajstić information content (AvgIpc) is 3.12. The molecule has 0 fully saturated rings. The Bertz CT molecular complexity index is 968. The molecule has 0 aliphatic carbocycles. The van der Waals surface area contributed by atoms with Crippen LogP contribution in [0.5, 0.6) is 0 Å². The smallest absolute Gasteiger partial charge is 0.124 e. The number of quaternary nitrogens is 1. The summed E-state index contributed by atoms with van der Waals surface area (Å²) in [6.45, 7) is 11.3. The summed E-state index contributed by atoms with van der Waals surface area (Å²) < 4.78 is 32.4. The monoisotopic (exact) mass is 751 g/mol. The maximum Gasteiger partial charge on any atom is 0.124 e. The van der Waals surface area contributed by atoms with E-state index in [0.29, 0.717) is 0 Å². The number of unbranched alkanes of at least 4 members (excludes halogenated alkanes) is 29. The van der Waals surface area contributed by atoms with Crippen molar-refractivity contribution in [3.05, 3.63) is 29.8 Å². The van der Waals surface area contributed by atoms with Crippen LogP contribution in [0.25, 0.3) is 0 Å². The molecular weight excluding hydrogens is 661 g/mol. The third-order valence-corrected chi connectivity index (χ3v) is 11.9. The van der Waals surface area contributed by atoms with Gasteiger partial charge in [-0.3, -0.25) is 0 Å². The van der Waals surface area contributed by atoms with Gasteiger partial charge >= 0.3 is 0 Å².